The molecule has 0 radical (unpaired) electrons. The van der Waals surface area contributed by atoms with Crippen LogP contribution in [0.15, 0.2) is 29.0 Å². The maximum atomic E-state index is 12.6. The molecule has 1 aliphatic heterocycles. The van der Waals surface area contributed by atoms with Crippen molar-refractivity contribution in [2.45, 2.75) is 26.3 Å². The highest BCUT2D eigenvalue weighted by molar-refractivity contribution is 5.91. The van der Waals surface area contributed by atoms with Crippen molar-refractivity contribution >= 4 is 11.7 Å². The van der Waals surface area contributed by atoms with E-state index in [4.69, 9.17) is 9.15 Å². The van der Waals surface area contributed by atoms with Gasteiger partial charge in [0, 0.05) is 17.8 Å². The Balaban J connectivity index is 1.79. The average Bonchev–Trinajstić information content (AvgIpc) is 3.11. The number of aromatic nitrogens is 2. The van der Waals surface area contributed by atoms with Gasteiger partial charge in [-0.25, -0.2) is 4.79 Å². The van der Waals surface area contributed by atoms with Crippen LogP contribution in [0.2, 0.25) is 0 Å². The van der Waals surface area contributed by atoms with Crippen LogP contribution >= 0.6 is 0 Å². The molecule has 1 fully saturated rings. The SMILES string of the molecule is CC[C@H]1COCCN1C(=O)Nc1cc(-c2nnco2)ccc1C. The van der Waals surface area contributed by atoms with Gasteiger partial charge in [0.2, 0.25) is 12.3 Å². The van der Waals surface area contributed by atoms with Gasteiger partial charge in [-0.15, -0.1) is 10.2 Å². The highest BCUT2D eigenvalue weighted by Crippen LogP contribution is 2.24. The number of ether oxygens (including phenoxy) is 1. The monoisotopic (exact) mass is 316 g/mol. The van der Waals surface area contributed by atoms with E-state index in [9.17, 15) is 4.79 Å². The second kappa shape index (κ2) is 6.78. The Bertz CT molecular complexity index is 672. The molecule has 0 unspecified atom stereocenters. The minimum absolute atomic E-state index is 0.106. The fourth-order valence-electron chi connectivity index (χ4n) is 2.64. The number of rotatable bonds is 3. The second-order valence-electron chi connectivity index (χ2n) is 5.53. The number of hydrogen-bond donors (Lipinski definition) is 1. The molecule has 122 valence electrons. The van der Waals surface area contributed by atoms with E-state index < -0.39 is 0 Å². The smallest absolute Gasteiger partial charge is 0.322 e. The lowest BCUT2D eigenvalue weighted by Crippen LogP contribution is -2.50. The first-order chi connectivity index (χ1) is 11.2. The van der Waals surface area contributed by atoms with Crippen molar-refractivity contribution in [1.82, 2.24) is 15.1 Å². The molecular formula is C16H20N4O3. The molecule has 2 heterocycles. The first-order valence-electron chi connectivity index (χ1n) is 7.71. The first kappa shape index (κ1) is 15.5. The number of morpholine rings is 1. The summed E-state index contributed by atoms with van der Waals surface area (Å²) in [5, 5.41) is 10.6. The molecule has 1 N–H and O–H groups in total. The number of aryl methyl sites for hydroxylation is 1. The fraction of sp³-hybridized carbons (Fsp3) is 0.438. The van der Waals surface area contributed by atoms with E-state index in [1.807, 2.05) is 30.0 Å². The van der Waals surface area contributed by atoms with Crippen molar-refractivity contribution in [3.8, 4) is 11.5 Å². The van der Waals surface area contributed by atoms with E-state index in [-0.39, 0.29) is 12.1 Å². The van der Waals surface area contributed by atoms with Crippen LogP contribution in [0.4, 0.5) is 10.5 Å². The van der Waals surface area contributed by atoms with Crippen molar-refractivity contribution in [2.75, 3.05) is 25.1 Å². The van der Waals surface area contributed by atoms with Gasteiger partial charge in [-0.1, -0.05) is 13.0 Å². The van der Waals surface area contributed by atoms with Crippen LogP contribution in [0.25, 0.3) is 11.5 Å². The summed E-state index contributed by atoms with van der Waals surface area (Å²) < 4.78 is 10.7. The zero-order chi connectivity index (χ0) is 16.2. The van der Waals surface area contributed by atoms with Crippen LogP contribution in [0.1, 0.15) is 18.9 Å². The van der Waals surface area contributed by atoms with E-state index in [0.29, 0.717) is 25.6 Å². The Morgan fingerprint density at radius 1 is 1.48 bits per heavy atom. The standard InChI is InChI=1S/C16H20N4O3/c1-3-13-9-22-7-6-20(13)16(21)18-14-8-12(5-4-11(14)2)15-19-17-10-23-15/h4-5,8,10,13H,3,6-7,9H2,1-2H3,(H,18,21)/t13-/m0/s1. The lowest BCUT2D eigenvalue weighted by atomic mass is 10.1. The van der Waals surface area contributed by atoms with E-state index in [1.54, 1.807) is 0 Å². The third kappa shape index (κ3) is 3.34. The zero-order valence-corrected chi connectivity index (χ0v) is 13.3. The Kier molecular flexibility index (Phi) is 4.57. The minimum Gasteiger partial charge on any atom is -0.423 e. The Labute approximate surface area is 134 Å². The van der Waals surface area contributed by atoms with Crippen molar-refractivity contribution in [1.29, 1.82) is 0 Å². The normalized spacial score (nSPS) is 18.0. The van der Waals surface area contributed by atoms with Crippen LogP contribution in [-0.4, -0.2) is 46.9 Å². The molecular weight excluding hydrogens is 296 g/mol. The molecule has 0 saturated carbocycles. The highest BCUT2D eigenvalue weighted by atomic mass is 16.5. The van der Waals surface area contributed by atoms with Gasteiger partial charge in [-0.05, 0) is 31.0 Å². The second-order valence-corrected chi connectivity index (χ2v) is 5.53. The summed E-state index contributed by atoms with van der Waals surface area (Å²) in [7, 11) is 0. The topological polar surface area (TPSA) is 80.5 Å². The van der Waals surface area contributed by atoms with Crippen LogP contribution in [0.3, 0.4) is 0 Å². The average molecular weight is 316 g/mol. The minimum atomic E-state index is -0.106. The predicted octanol–water partition coefficient (Wildman–Crippen LogP) is 2.69. The van der Waals surface area contributed by atoms with E-state index in [2.05, 4.69) is 22.4 Å². The Morgan fingerprint density at radius 2 is 2.35 bits per heavy atom. The molecule has 7 heteroatoms. The molecule has 0 bridgehead atoms. The number of carbonyl (C=O) groups is 1. The third-order valence-electron chi connectivity index (χ3n) is 4.05. The number of anilines is 1. The van der Waals surface area contributed by atoms with Crippen molar-refractivity contribution in [3.63, 3.8) is 0 Å². The van der Waals surface area contributed by atoms with E-state index in [1.165, 1.54) is 6.39 Å². The molecule has 1 aliphatic rings. The van der Waals surface area contributed by atoms with Gasteiger partial charge in [0.15, 0.2) is 0 Å². The number of nitrogens with zero attached hydrogens (tertiary/aromatic N) is 3. The largest absolute Gasteiger partial charge is 0.423 e. The van der Waals surface area contributed by atoms with Gasteiger partial charge in [-0.3, -0.25) is 0 Å². The number of urea groups is 1. The molecule has 3 rings (SSSR count). The Hall–Kier alpha value is -2.41. The molecule has 1 aromatic carbocycles. The van der Waals surface area contributed by atoms with Gasteiger partial charge in [0.25, 0.3) is 0 Å². The first-order valence-corrected chi connectivity index (χ1v) is 7.71. The van der Waals surface area contributed by atoms with Crippen LogP contribution in [-0.2, 0) is 4.74 Å². The maximum Gasteiger partial charge on any atom is 0.322 e. The summed E-state index contributed by atoms with van der Waals surface area (Å²) in [4.78, 5) is 14.4. The fourth-order valence-corrected chi connectivity index (χ4v) is 2.64. The maximum absolute atomic E-state index is 12.6. The highest BCUT2D eigenvalue weighted by Gasteiger charge is 2.26. The molecule has 2 aromatic rings. The summed E-state index contributed by atoms with van der Waals surface area (Å²) >= 11 is 0. The zero-order valence-electron chi connectivity index (χ0n) is 13.3. The van der Waals surface area contributed by atoms with Crippen molar-refractivity contribution in [3.05, 3.63) is 30.2 Å². The number of benzene rings is 1. The summed E-state index contributed by atoms with van der Waals surface area (Å²) in [6.45, 7) is 5.77. The lowest BCUT2D eigenvalue weighted by Gasteiger charge is -2.35. The van der Waals surface area contributed by atoms with Crippen LogP contribution in [0.5, 0.6) is 0 Å². The van der Waals surface area contributed by atoms with Gasteiger partial charge in [0.1, 0.15) is 0 Å². The number of hydrogen-bond acceptors (Lipinski definition) is 5. The lowest BCUT2D eigenvalue weighted by molar-refractivity contribution is 0.0144. The van der Waals surface area contributed by atoms with E-state index in [0.717, 1.165) is 23.2 Å². The number of carbonyl (C=O) groups excluding carboxylic acids is 1. The van der Waals surface area contributed by atoms with Crippen molar-refractivity contribution in [2.24, 2.45) is 0 Å². The quantitative estimate of drug-likeness (QED) is 0.941. The predicted molar refractivity (Wildman–Crippen MR) is 85.1 cm³/mol. The summed E-state index contributed by atoms with van der Waals surface area (Å²) in [6, 6.07) is 5.67. The summed E-state index contributed by atoms with van der Waals surface area (Å²) in [6.07, 6.45) is 2.15. The molecule has 23 heavy (non-hydrogen) atoms. The van der Waals surface area contributed by atoms with Crippen LogP contribution in [0, 0.1) is 6.92 Å². The summed E-state index contributed by atoms with van der Waals surface area (Å²) in [5.74, 6) is 0.429. The number of amides is 2. The molecule has 1 saturated heterocycles. The molecule has 1 atom stereocenters. The van der Waals surface area contributed by atoms with Gasteiger partial charge in [-0.2, -0.15) is 0 Å². The van der Waals surface area contributed by atoms with Gasteiger partial charge < -0.3 is 19.4 Å². The number of nitrogens with one attached hydrogen (secondary N) is 1. The van der Waals surface area contributed by atoms with E-state index >= 15 is 0 Å². The van der Waals surface area contributed by atoms with Crippen LogP contribution < -0.4 is 5.32 Å². The molecule has 7 nitrogen and oxygen atoms in total. The third-order valence-corrected chi connectivity index (χ3v) is 4.05. The Morgan fingerprint density at radius 3 is 3.09 bits per heavy atom. The molecule has 0 aliphatic carbocycles. The summed E-state index contributed by atoms with van der Waals surface area (Å²) in [5.41, 5.74) is 2.49. The van der Waals surface area contributed by atoms with Gasteiger partial charge in [0.05, 0.1) is 19.3 Å². The van der Waals surface area contributed by atoms with Gasteiger partial charge >= 0.3 is 6.03 Å². The molecule has 2 amide bonds. The van der Waals surface area contributed by atoms with Crippen molar-refractivity contribution < 1.29 is 13.9 Å². The molecule has 1 aromatic heterocycles. The molecule has 0 spiro atoms.